The van der Waals surface area contributed by atoms with Crippen LogP contribution in [0.1, 0.15) is 37.3 Å². The van der Waals surface area contributed by atoms with Gasteiger partial charge in [-0.05, 0) is 49.2 Å². The van der Waals surface area contributed by atoms with Crippen LogP contribution >= 0.6 is 0 Å². The average molecular weight is 409 g/mol. The fourth-order valence-electron chi connectivity index (χ4n) is 3.77. The van der Waals surface area contributed by atoms with Crippen molar-refractivity contribution in [3.05, 3.63) is 65.7 Å². The minimum atomic E-state index is -0.625. The van der Waals surface area contributed by atoms with Gasteiger partial charge in [0, 0.05) is 31.4 Å². The van der Waals surface area contributed by atoms with Gasteiger partial charge < -0.3 is 16.0 Å². The van der Waals surface area contributed by atoms with E-state index in [2.05, 4.69) is 39.9 Å². The van der Waals surface area contributed by atoms with E-state index in [1.165, 1.54) is 12.0 Å². The molecule has 1 heterocycles. The van der Waals surface area contributed by atoms with E-state index in [1.54, 1.807) is 0 Å². The van der Waals surface area contributed by atoms with Crippen molar-refractivity contribution in [2.75, 3.05) is 25.0 Å². The van der Waals surface area contributed by atoms with Crippen molar-refractivity contribution < 1.29 is 9.59 Å². The Labute approximate surface area is 179 Å². The van der Waals surface area contributed by atoms with Crippen molar-refractivity contribution >= 4 is 17.5 Å². The van der Waals surface area contributed by atoms with E-state index in [-0.39, 0.29) is 6.04 Å². The van der Waals surface area contributed by atoms with Crippen LogP contribution in [0.3, 0.4) is 0 Å². The second-order valence-corrected chi connectivity index (χ2v) is 7.75. The fourth-order valence-corrected chi connectivity index (χ4v) is 3.77. The van der Waals surface area contributed by atoms with Crippen LogP contribution in [-0.2, 0) is 22.7 Å². The lowest BCUT2D eigenvalue weighted by atomic mass is 10.0. The first-order valence-corrected chi connectivity index (χ1v) is 10.8. The van der Waals surface area contributed by atoms with E-state index in [0.29, 0.717) is 12.2 Å². The standard InChI is InChI=1S/C24H32N4O2/c1-2-25-16-19-11-13-21(14-12-19)27-24(30)23(29)26-17-22-10-6-7-15-28(22)18-20-8-4-3-5-9-20/h3-5,8-9,11-14,22,25H,2,6-7,10,15-18H2,1H3,(H,26,29)(H,27,30). The number of likely N-dealkylation sites (tertiary alicyclic amines) is 1. The van der Waals surface area contributed by atoms with Crippen LogP contribution in [0, 0.1) is 0 Å². The van der Waals surface area contributed by atoms with E-state index >= 15 is 0 Å². The summed E-state index contributed by atoms with van der Waals surface area (Å²) in [5.74, 6) is -1.21. The lowest BCUT2D eigenvalue weighted by Crippen LogP contribution is -2.48. The van der Waals surface area contributed by atoms with Gasteiger partial charge in [0.2, 0.25) is 0 Å². The zero-order valence-corrected chi connectivity index (χ0v) is 17.7. The summed E-state index contributed by atoms with van der Waals surface area (Å²) in [5.41, 5.74) is 3.03. The SMILES string of the molecule is CCNCc1ccc(NC(=O)C(=O)NCC2CCCCN2Cc2ccccc2)cc1. The van der Waals surface area contributed by atoms with Crippen molar-refractivity contribution in [3.8, 4) is 0 Å². The number of nitrogens with zero attached hydrogens (tertiary/aromatic N) is 1. The highest BCUT2D eigenvalue weighted by Gasteiger charge is 2.24. The largest absolute Gasteiger partial charge is 0.346 e. The Bertz CT molecular complexity index is 808. The molecule has 0 radical (unpaired) electrons. The zero-order valence-electron chi connectivity index (χ0n) is 17.7. The Kier molecular flexibility index (Phi) is 8.41. The average Bonchev–Trinajstić information content (AvgIpc) is 2.78. The number of piperidine rings is 1. The molecule has 1 aliphatic heterocycles. The molecule has 2 aromatic rings. The molecule has 0 bridgehead atoms. The van der Waals surface area contributed by atoms with Crippen molar-refractivity contribution in [2.24, 2.45) is 0 Å². The van der Waals surface area contributed by atoms with Crippen molar-refractivity contribution in [3.63, 3.8) is 0 Å². The highest BCUT2D eigenvalue weighted by molar-refractivity contribution is 6.39. The molecule has 1 unspecified atom stereocenters. The minimum Gasteiger partial charge on any atom is -0.346 e. The van der Waals surface area contributed by atoms with Crippen LogP contribution in [0.15, 0.2) is 54.6 Å². The van der Waals surface area contributed by atoms with Crippen molar-refractivity contribution in [1.29, 1.82) is 0 Å². The molecule has 1 fully saturated rings. The van der Waals surface area contributed by atoms with Gasteiger partial charge in [-0.15, -0.1) is 0 Å². The number of anilines is 1. The van der Waals surface area contributed by atoms with Gasteiger partial charge in [-0.3, -0.25) is 14.5 Å². The first kappa shape index (κ1) is 22.0. The fraction of sp³-hybridized carbons (Fsp3) is 0.417. The molecule has 0 saturated carbocycles. The topological polar surface area (TPSA) is 73.5 Å². The summed E-state index contributed by atoms with van der Waals surface area (Å²) in [6, 6.07) is 18.1. The Morgan fingerprint density at radius 1 is 0.967 bits per heavy atom. The maximum Gasteiger partial charge on any atom is 0.313 e. The third-order valence-electron chi connectivity index (χ3n) is 5.47. The number of hydrogen-bond donors (Lipinski definition) is 3. The van der Waals surface area contributed by atoms with Gasteiger partial charge >= 0.3 is 11.8 Å². The van der Waals surface area contributed by atoms with Crippen LogP contribution in [0.25, 0.3) is 0 Å². The predicted octanol–water partition coefficient (Wildman–Crippen LogP) is 2.91. The van der Waals surface area contributed by atoms with Gasteiger partial charge in [0.05, 0.1) is 0 Å². The summed E-state index contributed by atoms with van der Waals surface area (Å²) in [6.45, 7) is 6.12. The van der Waals surface area contributed by atoms with Crippen LogP contribution in [0.2, 0.25) is 0 Å². The van der Waals surface area contributed by atoms with Crippen LogP contribution < -0.4 is 16.0 Å². The lowest BCUT2D eigenvalue weighted by Gasteiger charge is -2.35. The smallest absolute Gasteiger partial charge is 0.313 e. The Balaban J connectivity index is 1.47. The Hall–Kier alpha value is -2.70. The number of amides is 2. The van der Waals surface area contributed by atoms with Gasteiger partial charge in [-0.2, -0.15) is 0 Å². The molecule has 1 atom stereocenters. The third-order valence-corrected chi connectivity index (χ3v) is 5.47. The van der Waals surface area contributed by atoms with Crippen molar-refractivity contribution in [1.82, 2.24) is 15.5 Å². The minimum absolute atomic E-state index is 0.251. The highest BCUT2D eigenvalue weighted by Crippen LogP contribution is 2.19. The first-order chi connectivity index (χ1) is 14.7. The number of carbonyl (C=O) groups excluding carboxylic acids is 2. The number of rotatable bonds is 8. The normalized spacial score (nSPS) is 16.8. The molecule has 2 aromatic carbocycles. The van der Waals surface area contributed by atoms with E-state index in [9.17, 15) is 9.59 Å². The molecule has 30 heavy (non-hydrogen) atoms. The molecule has 1 aliphatic rings. The molecule has 3 rings (SSSR count). The highest BCUT2D eigenvalue weighted by atomic mass is 16.2. The predicted molar refractivity (Wildman–Crippen MR) is 120 cm³/mol. The molecular weight excluding hydrogens is 376 g/mol. The lowest BCUT2D eigenvalue weighted by molar-refractivity contribution is -0.136. The number of hydrogen-bond acceptors (Lipinski definition) is 4. The molecule has 0 aliphatic carbocycles. The third kappa shape index (κ3) is 6.68. The quantitative estimate of drug-likeness (QED) is 0.587. The molecule has 6 nitrogen and oxygen atoms in total. The van der Waals surface area contributed by atoms with Crippen LogP contribution in [0.4, 0.5) is 5.69 Å². The van der Waals surface area contributed by atoms with Gasteiger partial charge in [0.15, 0.2) is 0 Å². The number of carbonyl (C=O) groups is 2. The second kappa shape index (κ2) is 11.5. The monoisotopic (exact) mass is 408 g/mol. The summed E-state index contributed by atoms with van der Waals surface area (Å²) in [6.07, 6.45) is 3.35. The summed E-state index contributed by atoms with van der Waals surface area (Å²) < 4.78 is 0. The molecule has 1 saturated heterocycles. The van der Waals surface area contributed by atoms with E-state index in [0.717, 1.165) is 44.6 Å². The van der Waals surface area contributed by atoms with Crippen molar-refractivity contribution in [2.45, 2.75) is 45.3 Å². The Morgan fingerprint density at radius 2 is 1.73 bits per heavy atom. The molecule has 6 heteroatoms. The Morgan fingerprint density at radius 3 is 2.47 bits per heavy atom. The summed E-state index contributed by atoms with van der Waals surface area (Å²) in [4.78, 5) is 27.0. The second-order valence-electron chi connectivity index (χ2n) is 7.75. The van der Waals surface area contributed by atoms with E-state index < -0.39 is 11.8 Å². The maximum absolute atomic E-state index is 12.3. The summed E-state index contributed by atoms with van der Waals surface area (Å²) in [7, 11) is 0. The van der Waals surface area contributed by atoms with Crippen LogP contribution in [0.5, 0.6) is 0 Å². The van der Waals surface area contributed by atoms with E-state index in [4.69, 9.17) is 0 Å². The van der Waals surface area contributed by atoms with Gasteiger partial charge in [0.1, 0.15) is 0 Å². The number of benzene rings is 2. The number of nitrogens with one attached hydrogen (secondary N) is 3. The molecule has 2 amide bonds. The molecule has 0 aromatic heterocycles. The zero-order chi connectivity index (χ0) is 21.2. The van der Waals surface area contributed by atoms with Gasteiger partial charge in [-0.1, -0.05) is 55.8 Å². The van der Waals surface area contributed by atoms with Gasteiger partial charge in [-0.25, -0.2) is 0 Å². The van der Waals surface area contributed by atoms with Gasteiger partial charge in [0.25, 0.3) is 0 Å². The molecule has 0 spiro atoms. The summed E-state index contributed by atoms with van der Waals surface area (Å²) >= 11 is 0. The maximum atomic E-state index is 12.3. The van der Waals surface area contributed by atoms with E-state index in [1.807, 2.05) is 42.5 Å². The molecule has 3 N–H and O–H groups in total. The summed E-state index contributed by atoms with van der Waals surface area (Å²) in [5, 5.41) is 8.76. The first-order valence-electron chi connectivity index (χ1n) is 10.8. The molecular formula is C24H32N4O2. The van der Waals surface area contributed by atoms with Crippen LogP contribution in [-0.4, -0.2) is 42.4 Å². The molecule has 160 valence electrons.